The van der Waals surface area contributed by atoms with Crippen molar-refractivity contribution in [3.63, 3.8) is 0 Å². The van der Waals surface area contributed by atoms with Crippen LogP contribution >= 0.6 is 11.6 Å². The first-order valence-corrected chi connectivity index (χ1v) is 7.59. The molecule has 1 N–H and O–H groups in total. The first kappa shape index (κ1) is 13.7. The Morgan fingerprint density at radius 1 is 1.45 bits per heavy atom. The Morgan fingerprint density at radius 3 is 3.10 bits per heavy atom. The van der Waals surface area contributed by atoms with Gasteiger partial charge in [0.2, 0.25) is 0 Å². The molecule has 1 unspecified atom stereocenters. The highest BCUT2D eigenvalue weighted by Gasteiger charge is 2.15. The van der Waals surface area contributed by atoms with Crippen molar-refractivity contribution in [3.8, 4) is 11.3 Å². The minimum atomic E-state index is 0.692. The molecule has 1 aliphatic heterocycles. The van der Waals surface area contributed by atoms with Crippen molar-refractivity contribution in [1.82, 2.24) is 14.9 Å². The van der Waals surface area contributed by atoms with Crippen LogP contribution in [0.4, 0.5) is 0 Å². The van der Waals surface area contributed by atoms with Crippen molar-refractivity contribution in [2.45, 2.75) is 26.3 Å². The van der Waals surface area contributed by atoms with Gasteiger partial charge in [0.25, 0.3) is 0 Å². The zero-order chi connectivity index (χ0) is 13.9. The first-order valence-electron chi connectivity index (χ1n) is 7.21. The number of aromatic nitrogens is 2. The molecule has 0 saturated carbocycles. The van der Waals surface area contributed by atoms with Gasteiger partial charge in [0, 0.05) is 17.1 Å². The zero-order valence-electron chi connectivity index (χ0n) is 11.8. The number of rotatable bonds is 3. The molecule has 1 aromatic heterocycles. The predicted molar refractivity (Wildman–Crippen MR) is 83.0 cm³/mol. The van der Waals surface area contributed by atoms with Gasteiger partial charge in [-0.3, -0.25) is 0 Å². The van der Waals surface area contributed by atoms with E-state index in [0.717, 1.165) is 41.5 Å². The Labute approximate surface area is 125 Å². The normalized spacial score (nSPS) is 19.2. The first-order chi connectivity index (χ1) is 9.74. The van der Waals surface area contributed by atoms with Crippen LogP contribution in [0.3, 0.4) is 0 Å². The van der Waals surface area contributed by atoms with Crippen LogP contribution < -0.4 is 5.32 Å². The summed E-state index contributed by atoms with van der Waals surface area (Å²) in [5.41, 5.74) is 3.40. The van der Waals surface area contributed by atoms with Crippen molar-refractivity contribution in [2.75, 3.05) is 13.1 Å². The summed E-state index contributed by atoms with van der Waals surface area (Å²) < 4.78 is 2.25. The fraction of sp³-hybridized carbons (Fsp3) is 0.438. The largest absolute Gasteiger partial charge is 0.330 e. The van der Waals surface area contributed by atoms with Crippen LogP contribution in [0.15, 0.2) is 30.7 Å². The molecule has 106 valence electrons. The standard InChI is InChI=1S/C16H20ClN3/c1-12-4-5-14(7-15(12)17)16-9-19-11-20(16)10-13-3-2-6-18-8-13/h4-5,7,9,11,13,18H,2-3,6,8,10H2,1H3. The molecule has 1 aliphatic rings. The Kier molecular flexibility index (Phi) is 4.08. The van der Waals surface area contributed by atoms with Crippen LogP contribution in [-0.2, 0) is 6.54 Å². The number of hydrogen-bond acceptors (Lipinski definition) is 2. The van der Waals surface area contributed by atoms with E-state index >= 15 is 0 Å². The summed E-state index contributed by atoms with van der Waals surface area (Å²) in [5.74, 6) is 0.692. The molecule has 3 rings (SSSR count). The minimum absolute atomic E-state index is 0.692. The molecule has 2 heterocycles. The van der Waals surface area contributed by atoms with E-state index in [1.807, 2.05) is 25.5 Å². The van der Waals surface area contributed by atoms with Crippen molar-refractivity contribution in [2.24, 2.45) is 5.92 Å². The third-order valence-corrected chi connectivity index (χ3v) is 4.44. The van der Waals surface area contributed by atoms with Gasteiger partial charge in [0.1, 0.15) is 0 Å². The third-order valence-electron chi connectivity index (χ3n) is 4.03. The molecule has 0 spiro atoms. The molecule has 3 nitrogen and oxygen atoms in total. The van der Waals surface area contributed by atoms with E-state index in [4.69, 9.17) is 11.6 Å². The molecule has 0 bridgehead atoms. The molecular weight excluding hydrogens is 270 g/mol. The van der Waals surface area contributed by atoms with Crippen molar-refractivity contribution in [1.29, 1.82) is 0 Å². The average Bonchev–Trinajstić information content (AvgIpc) is 2.91. The molecular formula is C16H20ClN3. The van der Waals surface area contributed by atoms with Gasteiger partial charge in [-0.25, -0.2) is 4.98 Å². The quantitative estimate of drug-likeness (QED) is 0.937. The average molecular weight is 290 g/mol. The van der Waals surface area contributed by atoms with E-state index in [0.29, 0.717) is 5.92 Å². The Hall–Kier alpha value is -1.32. The maximum Gasteiger partial charge on any atom is 0.0951 e. The van der Waals surface area contributed by atoms with Gasteiger partial charge in [-0.2, -0.15) is 0 Å². The van der Waals surface area contributed by atoms with Gasteiger partial charge in [-0.15, -0.1) is 0 Å². The third kappa shape index (κ3) is 2.89. The van der Waals surface area contributed by atoms with Crippen LogP contribution in [0, 0.1) is 12.8 Å². The van der Waals surface area contributed by atoms with Gasteiger partial charge in [0.15, 0.2) is 0 Å². The lowest BCUT2D eigenvalue weighted by atomic mass is 9.99. The number of piperidine rings is 1. The number of nitrogens with zero attached hydrogens (tertiary/aromatic N) is 2. The van der Waals surface area contributed by atoms with E-state index in [2.05, 4.69) is 27.0 Å². The summed E-state index contributed by atoms with van der Waals surface area (Å²) in [6.07, 6.45) is 6.42. The summed E-state index contributed by atoms with van der Waals surface area (Å²) in [6, 6.07) is 6.22. The number of imidazole rings is 1. The van der Waals surface area contributed by atoms with Gasteiger partial charge >= 0.3 is 0 Å². The fourth-order valence-electron chi connectivity index (χ4n) is 2.82. The highest BCUT2D eigenvalue weighted by Crippen LogP contribution is 2.26. The summed E-state index contributed by atoms with van der Waals surface area (Å²) in [6.45, 7) is 5.30. The minimum Gasteiger partial charge on any atom is -0.330 e. The molecule has 4 heteroatoms. The summed E-state index contributed by atoms with van der Waals surface area (Å²) >= 11 is 6.24. The molecule has 20 heavy (non-hydrogen) atoms. The van der Waals surface area contributed by atoms with E-state index in [1.165, 1.54) is 12.8 Å². The highest BCUT2D eigenvalue weighted by atomic mass is 35.5. The molecule has 0 amide bonds. The number of aryl methyl sites for hydroxylation is 1. The lowest BCUT2D eigenvalue weighted by molar-refractivity contribution is 0.338. The molecule has 0 radical (unpaired) electrons. The lowest BCUT2D eigenvalue weighted by Gasteiger charge is -2.23. The monoisotopic (exact) mass is 289 g/mol. The summed E-state index contributed by atoms with van der Waals surface area (Å²) in [4.78, 5) is 4.32. The lowest BCUT2D eigenvalue weighted by Crippen LogP contribution is -2.32. The van der Waals surface area contributed by atoms with Gasteiger partial charge in [-0.1, -0.05) is 23.7 Å². The Bertz CT molecular complexity index is 585. The summed E-state index contributed by atoms with van der Waals surface area (Å²) in [5, 5.41) is 4.28. The Balaban J connectivity index is 1.83. The van der Waals surface area contributed by atoms with Crippen molar-refractivity contribution >= 4 is 11.6 Å². The number of halogens is 1. The zero-order valence-corrected chi connectivity index (χ0v) is 12.5. The highest BCUT2D eigenvalue weighted by molar-refractivity contribution is 6.31. The van der Waals surface area contributed by atoms with Crippen LogP contribution in [0.2, 0.25) is 5.02 Å². The maximum absolute atomic E-state index is 6.24. The number of hydrogen-bond donors (Lipinski definition) is 1. The maximum atomic E-state index is 6.24. The van der Waals surface area contributed by atoms with E-state index < -0.39 is 0 Å². The molecule has 1 fully saturated rings. The molecule has 1 aromatic carbocycles. The van der Waals surface area contributed by atoms with E-state index in [9.17, 15) is 0 Å². The van der Waals surface area contributed by atoms with E-state index in [1.54, 1.807) is 0 Å². The van der Waals surface area contributed by atoms with Crippen LogP contribution in [-0.4, -0.2) is 22.6 Å². The fourth-order valence-corrected chi connectivity index (χ4v) is 3.00. The van der Waals surface area contributed by atoms with Crippen LogP contribution in [0.25, 0.3) is 11.3 Å². The van der Waals surface area contributed by atoms with E-state index in [-0.39, 0.29) is 0 Å². The molecule has 2 aromatic rings. The Morgan fingerprint density at radius 2 is 2.35 bits per heavy atom. The smallest absolute Gasteiger partial charge is 0.0951 e. The molecule has 1 saturated heterocycles. The van der Waals surface area contributed by atoms with Gasteiger partial charge in [-0.05, 0) is 50.4 Å². The second-order valence-corrected chi connectivity index (χ2v) is 6.01. The SMILES string of the molecule is Cc1ccc(-c2cncn2CC2CCCNC2)cc1Cl. The number of benzene rings is 1. The topological polar surface area (TPSA) is 29.9 Å². The number of nitrogens with one attached hydrogen (secondary N) is 1. The summed E-state index contributed by atoms with van der Waals surface area (Å²) in [7, 11) is 0. The molecule has 1 atom stereocenters. The van der Waals surface area contributed by atoms with Gasteiger partial charge < -0.3 is 9.88 Å². The van der Waals surface area contributed by atoms with Crippen LogP contribution in [0.1, 0.15) is 18.4 Å². The van der Waals surface area contributed by atoms with Gasteiger partial charge in [0.05, 0.1) is 18.2 Å². The van der Waals surface area contributed by atoms with Crippen LogP contribution in [0.5, 0.6) is 0 Å². The molecule has 0 aliphatic carbocycles. The second-order valence-electron chi connectivity index (χ2n) is 5.61. The second kappa shape index (κ2) is 5.98. The van der Waals surface area contributed by atoms with Crippen molar-refractivity contribution < 1.29 is 0 Å². The van der Waals surface area contributed by atoms with Crippen molar-refractivity contribution in [3.05, 3.63) is 41.3 Å². The predicted octanol–water partition coefficient (Wildman–Crippen LogP) is 3.51.